The van der Waals surface area contributed by atoms with E-state index < -0.39 is 0 Å². The van der Waals surface area contributed by atoms with E-state index in [0.29, 0.717) is 0 Å². The molecule has 0 radical (unpaired) electrons. The summed E-state index contributed by atoms with van der Waals surface area (Å²) in [5.74, 6) is 0. The molecule has 114 valence electrons. The molecule has 4 aromatic rings. The first kappa shape index (κ1) is 13.4. The number of aromatic nitrogens is 1. The zero-order chi connectivity index (χ0) is 16.4. The van der Waals surface area contributed by atoms with Gasteiger partial charge in [0, 0.05) is 21.8 Å². The fraction of sp³-hybridized carbons (Fsp3) is 0.0435. The van der Waals surface area contributed by atoms with Crippen molar-refractivity contribution in [2.45, 2.75) is 6.92 Å². The normalized spacial score (nSPS) is 12.6. The first-order chi connectivity index (χ1) is 11.7. The zero-order valence-corrected chi connectivity index (χ0v) is 13.6. The maximum Gasteiger partial charge on any atom is 0.0477 e. The number of fused-ring (bicyclic) bond motifs is 6. The summed E-state index contributed by atoms with van der Waals surface area (Å²) in [6.45, 7) is 10.6. The molecule has 1 heteroatoms. The SMILES string of the molecule is C=Cc1c2c(cc3[nH]c4ccc(C)cc4c13)-c1ccccc1C2=C. The highest BCUT2D eigenvalue weighted by molar-refractivity contribution is 6.17. The predicted molar refractivity (Wildman–Crippen MR) is 104 cm³/mol. The summed E-state index contributed by atoms with van der Waals surface area (Å²) < 4.78 is 0. The average Bonchev–Trinajstić information content (AvgIpc) is 3.09. The van der Waals surface area contributed by atoms with E-state index in [-0.39, 0.29) is 0 Å². The summed E-state index contributed by atoms with van der Waals surface area (Å²) >= 11 is 0. The van der Waals surface area contributed by atoms with Crippen LogP contribution in [-0.2, 0) is 0 Å². The topological polar surface area (TPSA) is 15.8 Å². The maximum atomic E-state index is 4.38. The molecule has 1 aromatic heterocycles. The van der Waals surface area contributed by atoms with Crippen molar-refractivity contribution in [2.24, 2.45) is 0 Å². The summed E-state index contributed by atoms with van der Waals surface area (Å²) in [5, 5.41) is 2.50. The van der Waals surface area contributed by atoms with Crippen molar-refractivity contribution in [3.63, 3.8) is 0 Å². The van der Waals surface area contributed by atoms with Crippen LogP contribution in [0, 0.1) is 6.92 Å². The Morgan fingerprint density at radius 1 is 0.917 bits per heavy atom. The molecule has 3 aromatic carbocycles. The molecule has 0 saturated carbocycles. The second-order valence-electron chi connectivity index (χ2n) is 6.54. The van der Waals surface area contributed by atoms with Crippen LogP contribution in [0.1, 0.15) is 22.3 Å². The van der Waals surface area contributed by atoms with Gasteiger partial charge in [0.15, 0.2) is 0 Å². The van der Waals surface area contributed by atoms with Crippen LogP contribution < -0.4 is 0 Å². The molecule has 0 atom stereocenters. The molecule has 1 heterocycles. The van der Waals surface area contributed by atoms with Gasteiger partial charge in [-0.25, -0.2) is 0 Å². The van der Waals surface area contributed by atoms with E-state index in [2.05, 4.69) is 73.6 Å². The molecule has 0 unspecified atom stereocenters. The van der Waals surface area contributed by atoms with Crippen LogP contribution in [0.25, 0.3) is 44.6 Å². The third-order valence-corrected chi connectivity index (χ3v) is 5.13. The molecular formula is C23H17N. The summed E-state index contributed by atoms with van der Waals surface area (Å²) in [5.41, 5.74) is 10.8. The van der Waals surface area contributed by atoms with Gasteiger partial charge >= 0.3 is 0 Å². The number of nitrogens with one attached hydrogen (secondary N) is 1. The van der Waals surface area contributed by atoms with Gasteiger partial charge in [0.2, 0.25) is 0 Å². The highest BCUT2D eigenvalue weighted by Gasteiger charge is 2.26. The molecule has 1 aliphatic carbocycles. The van der Waals surface area contributed by atoms with Crippen LogP contribution in [0.3, 0.4) is 0 Å². The molecule has 0 amide bonds. The lowest BCUT2D eigenvalue weighted by Crippen LogP contribution is -1.87. The van der Waals surface area contributed by atoms with Gasteiger partial charge in [0.25, 0.3) is 0 Å². The number of benzene rings is 3. The van der Waals surface area contributed by atoms with Gasteiger partial charge in [-0.1, -0.05) is 55.1 Å². The molecular weight excluding hydrogens is 290 g/mol. The largest absolute Gasteiger partial charge is 0.354 e. The average molecular weight is 307 g/mol. The molecule has 0 fully saturated rings. The molecule has 1 aliphatic rings. The van der Waals surface area contributed by atoms with Gasteiger partial charge in [-0.3, -0.25) is 0 Å². The summed E-state index contributed by atoms with van der Waals surface area (Å²) in [6.07, 6.45) is 1.98. The Hall–Kier alpha value is -3.06. The van der Waals surface area contributed by atoms with Crippen molar-refractivity contribution in [2.75, 3.05) is 0 Å². The Morgan fingerprint density at radius 2 is 1.71 bits per heavy atom. The molecule has 0 aliphatic heterocycles. The monoisotopic (exact) mass is 307 g/mol. The Bertz CT molecular complexity index is 1190. The molecule has 24 heavy (non-hydrogen) atoms. The minimum Gasteiger partial charge on any atom is -0.354 e. The second-order valence-corrected chi connectivity index (χ2v) is 6.54. The molecule has 1 N–H and O–H groups in total. The number of H-pyrrole nitrogens is 1. The van der Waals surface area contributed by atoms with E-state index in [9.17, 15) is 0 Å². The highest BCUT2D eigenvalue weighted by Crippen LogP contribution is 2.48. The van der Waals surface area contributed by atoms with E-state index in [1.807, 2.05) is 6.08 Å². The Labute approximate surface area is 141 Å². The third kappa shape index (κ3) is 1.54. The molecule has 0 spiro atoms. The van der Waals surface area contributed by atoms with Gasteiger partial charge in [-0.05, 0) is 58.5 Å². The smallest absolute Gasteiger partial charge is 0.0477 e. The second kappa shape index (κ2) is 4.48. The van der Waals surface area contributed by atoms with Crippen molar-refractivity contribution in [3.05, 3.63) is 83.9 Å². The van der Waals surface area contributed by atoms with Crippen molar-refractivity contribution in [1.29, 1.82) is 0 Å². The van der Waals surface area contributed by atoms with Crippen LogP contribution >= 0.6 is 0 Å². The Morgan fingerprint density at radius 3 is 2.50 bits per heavy atom. The minimum atomic E-state index is 1.10. The van der Waals surface area contributed by atoms with Crippen molar-refractivity contribution in [1.82, 2.24) is 4.98 Å². The molecule has 5 rings (SSSR count). The fourth-order valence-corrected chi connectivity index (χ4v) is 4.07. The Balaban J connectivity index is 2.01. The van der Waals surface area contributed by atoms with Crippen molar-refractivity contribution in [3.8, 4) is 11.1 Å². The van der Waals surface area contributed by atoms with E-state index in [4.69, 9.17) is 0 Å². The number of hydrogen-bond donors (Lipinski definition) is 1. The summed E-state index contributed by atoms with van der Waals surface area (Å²) in [6, 6.07) is 17.3. The van der Waals surface area contributed by atoms with E-state index >= 15 is 0 Å². The molecule has 0 bridgehead atoms. The van der Waals surface area contributed by atoms with Crippen LogP contribution in [-0.4, -0.2) is 4.98 Å². The predicted octanol–water partition coefficient (Wildman–Crippen LogP) is 6.31. The standard InChI is InChI=1S/C23H17N/c1-4-15-22-14(3)16-7-5-6-8-17(16)18(22)12-21-23(15)19-11-13(2)9-10-20(19)24-21/h4-12,24H,1,3H2,2H3. The number of rotatable bonds is 1. The molecule has 0 saturated heterocycles. The number of hydrogen-bond acceptors (Lipinski definition) is 0. The zero-order valence-electron chi connectivity index (χ0n) is 13.6. The van der Waals surface area contributed by atoms with Crippen molar-refractivity contribution < 1.29 is 0 Å². The highest BCUT2D eigenvalue weighted by atomic mass is 14.7. The van der Waals surface area contributed by atoms with Crippen LogP contribution in [0.15, 0.2) is 61.7 Å². The van der Waals surface area contributed by atoms with E-state index in [1.54, 1.807) is 0 Å². The van der Waals surface area contributed by atoms with E-state index in [1.165, 1.54) is 49.7 Å². The lowest BCUT2D eigenvalue weighted by molar-refractivity contribution is 1.48. The van der Waals surface area contributed by atoms with Gasteiger partial charge in [0.1, 0.15) is 0 Å². The van der Waals surface area contributed by atoms with Crippen LogP contribution in [0.4, 0.5) is 0 Å². The van der Waals surface area contributed by atoms with Gasteiger partial charge < -0.3 is 4.98 Å². The maximum absolute atomic E-state index is 4.38. The fourth-order valence-electron chi connectivity index (χ4n) is 4.07. The van der Waals surface area contributed by atoms with Crippen molar-refractivity contribution >= 4 is 33.5 Å². The van der Waals surface area contributed by atoms with Gasteiger partial charge in [0.05, 0.1) is 0 Å². The number of aromatic amines is 1. The minimum absolute atomic E-state index is 1.10. The first-order valence-electron chi connectivity index (χ1n) is 8.19. The third-order valence-electron chi connectivity index (χ3n) is 5.13. The summed E-state index contributed by atoms with van der Waals surface area (Å²) in [4.78, 5) is 3.58. The van der Waals surface area contributed by atoms with Crippen LogP contribution in [0.5, 0.6) is 0 Å². The first-order valence-corrected chi connectivity index (χ1v) is 8.19. The number of aryl methyl sites for hydroxylation is 1. The lowest BCUT2D eigenvalue weighted by atomic mass is 9.94. The van der Waals surface area contributed by atoms with E-state index in [0.717, 1.165) is 11.1 Å². The summed E-state index contributed by atoms with van der Waals surface area (Å²) in [7, 11) is 0. The van der Waals surface area contributed by atoms with Gasteiger partial charge in [-0.2, -0.15) is 0 Å². The van der Waals surface area contributed by atoms with Crippen LogP contribution in [0.2, 0.25) is 0 Å². The quantitative estimate of drug-likeness (QED) is 0.373. The molecule has 1 nitrogen and oxygen atoms in total. The Kier molecular flexibility index (Phi) is 2.50. The van der Waals surface area contributed by atoms with Gasteiger partial charge in [-0.15, -0.1) is 0 Å². The lowest BCUT2D eigenvalue weighted by Gasteiger charge is -2.09.